The lowest BCUT2D eigenvalue weighted by molar-refractivity contribution is 0.0943. The molecule has 15 heavy (non-hydrogen) atoms. The Hall–Kier alpha value is -2.24. The summed E-state index contributed by atoms with van der Waals surface area (Å²) in [4.78, 5) is 11.4. The maximum Gasteiger partial charge on any atom is 0.269 e. The van der Waals surface area contributed by atoms with E-state index in [1.165, 1.54) is 0 Å². The van der Waals surface area contributed by atoms with Crippen LogP contribution in [0.15, 0.2) is 24.3 Å². The van der Waals surface area contributed by atoms with Crippen LogP contribution in [-0.4, -0.2) is 19.0 Å². The Balaban J connectivity index is 2.62. The van der Waals surface area contributed by atoms with Gasteiger partial charge in [-0.05, 0) is 24.3 Å². The topological polar surface area (TPSA) is 100 Å². The first-order valence-electron chi connectivity index (χ1n) is 4.18. The molecule has 1 rings (SSSR count). The van der Waals surface area contributed by atoms with Gasteiger partial charge in [0.2, 0.25) is 5.96 Å². The second-order valence-electron chi connectivity index (χ2n) is 2.72. The van der Waals surface area contributed by atoms with Gasteiger partial charge in [0.15, 0.2) is 0 Å². The van der Waals surface area contributed by atoms with Crippen LogP contribution < -0.4 is 21.3 Å². The summed E-state index contributed by atoms with van der Waals surface area (Å²) in [5.74, 6) is -0.0178. The smallest absolute Gasteiger partial charge is 0.269 e. The van der Waals surface area contributed by atoms with Crippen molar-refractivity contribution in [3.63, 3.8) is 0 Å². The van der Waals surface area contributed by atoms with E-state index in [-0.39, 0.29) is 11.9 Å². The first-order valence-corrected chi connectivity index (χ1v) is 4.18. The first-order chi connectivity index (χ1) is 7.13. The van der Waals surface area contributed by atoms with Crippen LogP contribution in [0.4, 0.5) is 0 Å². The molecule has 0 radical (unpaired) electrons. The van der Waals surface area contributed by atoms with Gasteiger partial charge in [0.1, 0.15) is 5.75 Å². The van der Waals surface area contributed by atoms with Gasteiger partial charge in [-0.25, -0.2) is 0 Å². The molecule has 0 unspecified atom stereocenters. The Kier molecular flexibility index (Phi) is 3.50. The maximum atomic E-state index is 11.4. The number of ether oxygens (including phenoxy) is 1. The van der Waals surface area contributed by atoms with Crippen molar-refractivity contribution in [2.75, 3.05) is 7.11 Å². The number of guanidine groups is 1. The molecule has 0 spiro atoms. The number of nitrogens with one attached hydrogen (secondary N) is 3. The van der Waals surface area contributed by atoms with E-state index in [0.717, 1.165) is 0 Å². The number of hydrogen-bond donors (Lipinski definition) is 4. The van der Waals surface area contributed by atoms with Crippen molar-refractivity contribution in [3.05, 3.63) is 29.8 Å². The van der Waals surface area contributed by atoms with Crippen LogP contribution >= 0.6 is 0 Å². The second-order valence-corrected chi connectivity index (χ2v) is 2.72. The summed E-state index contributed by atoms with van der Waals surface area (Å²) >= 11 is 0. The first kappa shape index (κ1) is 10.8. The van der Waals surface area contributed by atoms with Crippen LogP contribution in [0.25, 0.3) is 0 Å². The summed E-state index contributed by atoms with van der Waals surface area (Å²) in [7, 11) is 1.55. The van der Waals surface area contributed by atoms with E-state index in [4.69, 9.17) is 15.9 Å². The van der Waals surface area contributed by atoms with E-state index >= 15 is 0 Å². The van der Waals surface area contributed by atoms with Gasteiger partial charge in [0.05, 0.1) is 7.11 Å². The van der Waals surface area contributed by atoms with Crippen molar-refractivity contribution >= 4 is 11.9 Å². The lowest BCUT2D eigenvalue weighted by Crippen LogP contribution is -2.44. The zero-order valence-corrected chi connectivity index (χ0v) is 8.20. The highest BCUT2D eigenvalue weighted by molar-refractivity contribution is 5.95. The standard InChI is InChI=1S/C9H12N4O2/c1-15-7-4-2-6(3-5-7)8(14)12-13-9(10)11/h2-5H,1H3,(H,12,14)(H4,10,11,13). The number of hydrazine groups is 1. The van der Waals surface area contributed by atoms with Crippen LogP contribution in [0.1, 0.15) is 10.4 Å². The summed E-state index contributed by atoms with van der Waals surface area (Å²) in [5, 5.41) is 6.85. The minimum Gasteiger partial charge on any atom is -0.497 e. The maximum absolute atomic E-state index is 11.4. The number of benzene rings is 1. The highest BCUT2D eigenvalue weighted by Crippen LogP contribution is 2.10. The lowest BCUT2D eigenvalue weighted by atomic mass is 10.2. The van der Waals surface area contributed by atoms with E-state index in [1.54, 1.807) is 31.4 Å². The summed E-state index contributed by atoms with van der Waals surface area (Å²) in [6, 6.07) is 6.55. The minimum atomic E-state index is -0.368. The van der Waals surface area contributed by atoms with Crippen molar-refractivity contribution < 1.29 is 9.53 Å². The Bertz CT molecular complexity index is 361. The van der Waals surface area contributed by atoms with Crippen molar-refractivity contribution in [1.82, 2.24) is 10.9 Å². The normalized spacial score (nSPS) is 9.13. The summed E-state index contributed by atoms with van der Waals surface area (Å²) in [6.07, 6.45) is 0. The molecule has 0 aliphatic rings. The molecule has 80 valence electrons. The molecule has 0 aliphatic heterocycles. The third kappa shape index (κ3) is 3.18. The van der Waals surface area contributed by atoms with Gasteiger partial charge in [0, 0.05) is 5.56 Å². The fourth-order valence-corrected chi connectivity index (χ4v) is 0.939. The van der Waals surface area contributed by atoms with Crippen molar-refractivity contribution in [3.8, 4) is 5.75 Å². The van der Waals surface area contributed by atoms with Gasteiger partial charge < -0.3 is 10.5 Å². The molecule has 1 aromatic carbocycles. The number of rotatable bonds is 2. The molecule has 6 heteroatoms. The molecule has 0 bridgehead atoms. The molecule has 0 aromatic heterocycles. The molecule has 0 fully saturated rings. The minimum absolute atomic E-state index is 0.322. The third-order valence-electron chi connectivity index (χ3n) is 1.66. The van der Waals surface area contributed by atoms with Gasteiger partial charge in [-0.1, -0.05) is 0 Å². The van der Waals surface area contributed by atoms with E-state index in [9.17, 15) is 4.79 Å². The Labute approximate surface area is 86.9 Å². The van der Waals surface area contributed by atoms with Crippen LogP contribution in [-0.2, 0) is 0 Å². The number of hydrogen-bond acceptors (Lipinski definition) is 3. The molecule has 0 aliphatic carbocycles. The number of nitrogens with two attached hydrogens (primary N) is 1. The molecule has 0 atom stereocenters. The van der Waals surface area contributed by atoms with Crippen molar-refractivity contribution in [2.24, 2.45) is 5.73 Å². The SMILES string of the molecule is COc1ccc(C(=O)NNC(=N)N)cc1. The molecular formula is C9H12N4O2. The fraction of sp³-hybridized carbons (Fsp3) is 0.111. The van der Waals surface area contributed by atoms with Crippen LogP contribution in [0, 0.1) is 5.41 Å². The molecule has 0 heterocycles. The summed E-state index contributed by atoms with van der Waals surface area (Å²) in [5.41, 5.74) is 9.91. The molecular weight excluding hydrogens is 196 g/mol. The van der Waals surface area contributed by atoms with Crippen LogP contribution in [0.2, 0.25) is 0 Å². The van der Waals surface area contributed by atoms with Gasteiger partial charge in [-0.2, -0.15) is 0 Å². The predicted octanol–water partition coefficient (Wildman–Crippen LogP) is -0.177. The van der Waals surface area contributed by atoms with Gasteiger partial charge in [-0.15, -0.1) is 0 Å². The monoisotopic (exact) mass is 208 g/mol. The van der Waals surface area contributed by atoms with Crippen molar-refractivity contribution in [2.45, 2.75) is 0 Å². The zero-order valence-electron chi connectivity index (χ0n) is 8.20. The van der Waals surface area contributed by atoms with Gasteiger partial charge >= 0.3 is 0 Å². The quantitative estimate of drug-likeness (QED) is 0.308. The molecule has 1 aromatic rings. The van der Waals surface area contributed by atoms with Gasteiger partial charge in [0.25, 0.3) is 5.91 Å². The van der Waals surface area contributed by atoms with Crippen LogP contribution in [0.3, 0.4) is 0 Å². The Morgan fingerprint density at radius 3 is 2.40 bits per heavy atom. The zero-order chi connectivity index (χ0) is 11.3. The number of amides is 1. The second kappa shape index (κ2) is 4.85. The Morgan fingerprint density at radius 1 is 1.33 bits per heavy atom. The van der Waals surface area contributed by atoms with E-state index < -0.39 is 0 Å². The third-order valence-corrected chi connectivity index (χ3v) is 1.66. The molecule has 5 N–H and O–H groups in total. The van der Waals surface area contributed by atoms with Crippen LogP contribution in [0.5, 0.6) is 5.75 Å². The lowest BCUT2D eigenvalue weighted by Gasteiger charge is -2.06. The highest BCUT2D eigenvalue weighted by atomic mass is 16.5. The van der Waals surface area contributed by atoms with Crippen molar-refractivity contribution in [1.29, 1.82) is 5.41 Å². The van der Waals surface area contributed by atoms with Gasteiger partial charge in [-0.3, -0.25) is 21.1 Å². The Morgan fingerprint density at radius 2 is 1.93 bits per heavy atom. The average Bonchev–Trinajstić information content (AvgIpc) is 2.26. The molecule has 0 saturated heterocycles. The van der Waals surface area contributed by atoms with E-state index in [1.807, 2.05) is 0 Å². The largest absolute Gasteiger partial charge is 0.497 e. The number of methoxy groups -OCH3 is 1. The predicted molar refractivity (Wildman–Crippen MR) is 55.5 cm³/mol. The summed E-state index contributed by atoms with van der Waals surface area (Å²) < 4.78 is 4.95. The van der Waals surface area contributed by atoms with E-state index in [2.05, 4.69) is 10.9 Å². The highest BCUT2D eigenvalue weighted by Gasteiger charge is 2.04. The molecule has 1 amide bonds. The molecule has 0 saturated carbocycles. The average molecular weight is 208 g/mol. The number of carbonyl (C=O) groups is 1. The summed E-state index contributed by atoms with van der Waals surface area (Å²) in [6.45, 7) is 0. The molecule has 6 nitrogen and oxygen atoms in total. The van der Waals surface area contributed by atoms with E-state index in [0.29, 0.717) is 11.3 Å². The number of carbonyl (C=O) groups excluding carboxylic acids is 1. The fourth-order valence-electron chi connectivity index (χ4n) is 0.939.